The summed E-state index contributed by atoms with van der Waals surface area (Å²) in [6.07, 6.45) is 0.227. The number of nitriles is 1. The van der Waals surface area contributed by atoms with Crippen molar-refractivity contribution in [2.75, 3.05) is 25.0 Å². The number of ether oxygens (including phenoxy) is 1. The van der Waals surface area contributed by atoms with Crippen molar-refractivity contribution in [1.29, 1.82) is 5.26 Å². The second kappa shape index (κ2) is 6.90. The fourth-order valence-electron chi connectivity index (χ4n) is 2.52. The number of benzene rings is 1. The van der Waals surface area contributed by atoms with Gasteiger partial charge in [0.1, 0.15) is 6.07 Å². The maximum absolute atomic E-state index is 12.1. The number of morpholine rings is 1. The number of nitrogens with one attached hydrogen (secondary N) is 1. The summed E-state index contributed by atoms with van der Waals surface area (Å²) in [5.41, 5.74) is 0.848. The van der Waals surface area contributed by atoms with E-state index < -0.39 is 0 Å². The molecule has 2 rings (SSSR count). The first-order valence-electron chi connectivity index (χ1n) is 6.85. The summed E-state index contributed by atoms with van der Waals surface area (Å²) < 4.78 is 5.63. The van der Waals surface area contributed by atoms with Crippen LogP contribution in [0.3, 0.4) is 0 Å². The van der Waals surface area contributed by atoms with Crippen LogP contribution in [0.2, 0.25) is 5.02 Å². The fraction of sp³-hybridized carbons (Fsp3) is 0.467. The topological polar surface area (TPSA) is 65.4 Å². The molecule has 1 aromatic carbocycles. The van der Waals surface area contributed by atoms with Crippen LogP contribution in [-0.2, 0) is 9.53 Å². The molecule has 6 heteroatoms. The predicted octanol–water partition coefficient (Wildman–Crippen LogP) is 2.26. The Morgan fingerprint density at radius 1 is 1.48 bits per heavy atom. The number of carbonyl (C=O) groups is 1. The molecule has 0 bridgehead atoms. The van der Waals surface area contributed by atoms with E-state index in [1.54, 1.807) is 18.2 Å². The first-order chi connectivity index (χ1) is 9.97. The maximum Gasteiger partial charge on any atom is 0.238 e. The quantitative estimate of drug-likeness (QED) is 0.930. The fourth-order valence-corrected chi connectivity index (χ4v) is 2.70. The molecule has 0 saturated carbocycles. The minimum absolute atomic E-state index is 0.113. The van der Waals surface area contributed by atoms with E-state index in [-0.39, 0.29) is 24.7 Å². The number of anilines is 1. The third kappa shape index (κ3) is 4.43. The summed E-state index contributed by atoms with van der Waals surface area (Å²) in [5.74, 6) is -0.157. The van der Waals surface area contributed by atoms with Gasteiger partial charge in [-0.25, -0.2) is 0 Å². The van der Waals surface area contributed by atoms with E-state index in [0.29, 0.717) is 16.3 Å². The zero-order valence-corrected chi connectivity index (χ0v) is 12.9. The van der Waals surface area contributed by atoms with Gasteiger partial charge in [0.25, 0.3) is 0 Å². The third-order valence-electron chi connectivity index (χ3n) is 3.24. The van der Waals surface area contributed by atoms with Crippen molar-refractivity contribution in [2.45, 2.75) is 26.1 Å². The SMILES string of the molecule is C[C@@H]1CN(CC(=O)Nc2cc(Cl)ccc2C#N)C[C@@H](C)O1. The van der Waals surface area contributed by atoms with E-state index in [9.17, 15) is 4.79 Å². The second-order valence-corrected chi connectivity index (χ2v) is 5.74. The minimum atomic E-state index is -0.157. The molecular weight excluding hydrogens is 290 g/mol. The van der Waals surface area contributed by atoms with Gasteiger partial charge in [-0.3, -0.25) is 9.69 Å². The van der Waals surface area contributed by atoms with Crippen molar-refractivity contribution >= 4 is 23.2 Å². The van der Waals surface area contributed by atoms with E-state index in [1.165, 1.54) is 0 Å². The monoisotopic (exact) mass is 307 g/mol. The van der Waals surface area contributed by atoms with E-state index in [2.05, 4.69) is 5.32 Å². The molecule has 1 aliphatic rings. The average Bonchev–Trinajstić information content (AvgIpc) is 2.37. The number of hydrogen-bond acceptors (Lipinski definition) is 4. The number of nitrogens with zero attached hydrogens (tertiary/aromatic N) is 2. The summed E-state index contributed by atoms with van der Waals surface area (Å²) in [4.78, 5) is 14.2. The lowest BCUT2D eigenvalue weighted by molar-refractivity contribution is -0.121. The zero-order valence-electron chi connectivity index (χ0n) is 12.1. The smallest absolute Gasteiger partial charge is 0.238 e. The van der Waals surface area contributed by atoms with E-state index >= 15 is 0 Å². The van der Waals surface area contributed by atoms with Crippen LogP contribution in [0.15, 0.2) is 18.2 Å². The van der Waals surface area contributed by atoms with E-state index in [4.69, 9.17) is 21.6 Å². The van der Waals surface area contributed by atoms with Gasteiger partial charge in [-0.2, -0.15) is 5.26 Å². The lowest BCUT2D eigenvalue weighted by atomic mass is 10.2. The van der Waals surface area contributed by atoms with Gasteiger partial charge in [0.2, 0.25) is 5.91 Å². The standard InChI is InChI=1S/C15H18ClN3O2/c1-10-7-19(8-11(2)21-10)9-15(20)18-14-5-13(16)4-3-12(14)6-17/h3-5,10-11H,7-9H2,1-2H3,(H,18,20)/t10-,11-/m1/s1. The molecule has 1 aromatic rings. The second-order valence-electron chi connectivity index (χ2n) is 5.30. The number of halogens is 1. The molecule has 2 atom stereocenters. The Balaban J connectivity index is 1.99. The van der Waals surface area contributed by atoms with E-state index in [0.717, 1.165) is 13.1 Å². The Kier molecular flexibility index (Phi) is 5.18. The van der Waals surface area contributed by atoms with Gasteiger partial charge in [-0.1, -0.05) is 11.6 Å². The van der Waals surface area contributed by atoms with Gasteiger partial charge >= 0.3 is 0 Å². The number of hydrogen-bond donors (Lipinski definition) is 1. The summed E-state index contributed by atoms with van der Waals surface area (Å²) in [5, 5.41) is 12.3. The highest BCUT2D eigenvalue weighted by Gasteiger charge is 2.23. The predicted molar refractivity (Wildman–Crippen MR) is 81.2 cm³/mol. The van der Waals surface area contributed by atoms with Crippen LogP contribution in [0.1, 0.15) is 19.4 Å². The van der Waals surface area contributed by atoms with Gasteiger partial charge < -0.3 is 10.1 Å². The zero-order chi connectivity index (χ0) is 15.4. The molecule has 1 N–H and O–H groups in total. The van der Waals surface area contributed by atoms with Crippen LogP contribution in [0.5, 0.6) is 0 Å². The Labute approximate surface area is 129 Å². The Morgan fingerprint density at radius 3 is 2.76 bits per heavy atom. The van der Waals surface area contributed by atoms with Gasteiger partial charge in [0, 0.05) is 18.1 Å². The molecule has 1 heterocycles. The van der Waals surface area contributed by atoms with Gasteiger partial charge in [0.05, 0.1) is 30.0 Å². The summed E-state index contributed by atoms with van der Waals surface area (Å²) in [7, 11) is 0. The first kappa shape index (κ1) is 15.8. The number of carbonyl (C=O) groups excluding carboxylic acids is 1. The highest BCUT2D eigenvalue weighted by Crippen LogP contribution is 2.20. The molecule has 0 aliphatic carbocycles. The summed E-state index contributed by atoms with van der Waals surface area (Å²) in [6, 6.07) is 6.84. The van der Waals surface area contributed by atoms with Crippen LogP contribution < -0.4 is 5.32 Å². The molecule has 0 spiro atoms. The van der Waals surface area contributed by atoms with Crippen molar-refractivity contribution < 1.29 is 9.53 Å². The van der Waals surface area contributed by atoms with Crippen molar-refractivity contribution in [3.63, 3.8) is 0 Å². The van der Waals surface area contributed by atoms with Crippen LogP contribution in [-0.4, -0.2) is 42.6 Å². The van der Waals surface area contributed by atoms with Crippen LogP contribution in [0.25, 0.3) is 0 Å². The van der Waals surface area contributed by atoms with Gasteiger partial charge in [-0.05, 0) is 32.0 Å². The number of rotatable bonds is 3. The van der Waals surface area contributed by atoms with Crippen molar-refractivity contribution in [1.82, 2.24) is 4.90 Å². The van der Waals surface area contributed by atoms with Crippen LogP contribution in [0.4, 0.5) is 5.69 Å². The van der Waals surface area contributed by atoms with Crippen LogP contribution in [0, 0.1) is 11.3 Å². The Hall–Kier alpha value is -1.61. The molecule has 1 aliphatic heterocycles. The highest BCUT2D eigenvalue weighted by atomic mass is 35.5. The first-order valence-corrected chi connectivity index (χ1v) is 7.23. The molecule has 5 nitrogen and oxygen atoms in total. The van der Waals surface area contributed by atoms with Crippen LogP contribution >= 0.6 is 11.6 Å². The minimum Gasteiger partial charge on any atom is -0.373 e. The normalized spacial score (nSPS) is 22.6. The molecule has 21 heavy (non-hydrogen) atoms. The molecule has 1 saturated heterocycles. The summed E-state index contributed by atoms with van der Waals surface area (Å²) >= 11 is 5.90. The molecule has 1 amide bonds. The lowest BCUT2D eigenvalue weighted by Gasteiger charge is -2.34. The van der Waals surface area contributed by atoms with Gasteiger partial charge in [0.15, 0.2) is 0 Å². The van der Waals surface area contributed by atoms with Crippen molar-refractivity contribution in [2.24, 2.45) is 0 Å². The summed E-state index contributed by atoms with van der Waals surface area (Å²) in [6.45, 7) is 5.70. The number of amides is 1. The highest BCUT2D eigenvalue weighted by molar-refractivity contribution is 6.31. The van der Waals surface area contributed by atoms with Crippen molar-refractivity contribution in [3.05, 3.63) is 28.8 Å². The molecule has 0 radical (unpaired) electrons. The lowest BCUT2D eigenvalue weighted by Crippen LogP contribution is -2.48. The molecule has 112 valence electrons. The van der Waals surface area contributed by atoms with E-state index in [1.807, 2.05) is 24.8 Å². The molecular formula is C15H18ClN3O2. The Morgan fingerprint density at radius 2 is 2.14 bits per heavy atom. The van der Waals surface area contributed by atoms with Gasteiger partial charge in [-0.15, -0.1) is 0 Å². The van der Waals surface area contributed by atoms with Crippen molar-refractivity contribution in [3.8, 4) is 6.07 Å². The average molecular weight is 308 g/mol. The molecule has 0 unspecified atom stereocenters. The third-order valence-corrected chi connectivity index (χ3v) is 3.47. The maximum atomic E-state index is 12.1. The Bertz CT molecular complexity index is 561. The molecule has 1 fully saturated rings. The largest absolute Gasteiger partial charge is 0.373 e. The molecule has 0 aromatic heterocycles.